The van der Waals surface area contributed by atoms with E-state index in [4.69, 9.17) is 0 Å². The van der Waals surface area contributed by atoms with Crippen LogP contribution in [0.15, 0.2) is 0 Å². The first-order chi connectivity index (χ1) is 10.7. The van der Waals surface area contributed by atoms with Crippen molar-refractivity contribution in [2.45, 2.75) is 32.9 Å². The summed E-state index contributed by atoms with van der Waals surface area (Å²) < 4.78 is 37.2. The van der Waals surface area contributed by atoms with Crippen molar-refractivity contribution in [3.05, 3.63) is 5.82 Å². The normalized spacial score (nSPS) is 16.7. The first kappa shape index (κ1) is 17.2. The van der Waals surface area contributed by atoms with Crippen molar-refractivity contribution in [1.82, 2.24) is 20.1 Å². The summed E-state index contributed by atoms with van der Waals surface area (Å²) in [7, 11) is 0. The van der Waals surface area contributed by atoms with E-state index in [1.54, 1.807) is 10.00 Å². The van der Waals surface area contributed by atoms with Gasteiger partial charge in [0.05, 0.1) is 0 Å². The van der Waals surface area contributed by atoms with Crippen LogP contribution >= 0.6 is 0 Å². The Labute approximate surface area is 130 Å². The summed E-state index contributed by atoms with van der Waals surface area (Å²) in [6.07, 6.45) is -3.72. The fourth-order valence-electron chi connectivity index (χ4n) is 2.38. The molecule has 23 heavy (non-hydrogen) atoms. The van der Waals surface area contributed by atoms with E-state index < -0.39 is 23.9 Å². The van der Waals surface area contributed by atoms with Gasteiger partial charge in [0.25, 0.3) is 0 Å². The summed E-state index contributed by atoms with van der Waals surface area (Å²) in [5.41, 5.74) is 0. The zero-order valence-electron chi connectivity index (χ0n) is 12.8. The molecule has 1 aliphatic heterocycles. The largest absolute Gasteiger partial charge is 0.451 e. The summed E-state index contributed by atoms with van der Waals surface area (Å²) in [5.74, 6) is -2.54. The third kappa shape index (κ3) is 4.20. The van der Waals surface area contributed by atoms with E-state index in [1.165, 1.54) is 0 Å². The number of halogens is 3. The van der Waals surface area contributed by atoms with Crippen molar-refractivity contribution in [2.24, 2.45) is 11.8 Å². The number of carbonyl (C=O) groups excluding carboxylic acids is 2. The molecule has 1 aliphatic rings. The third-order valence-corrected chi connectivity index (χ3v) is 3.66. The average Bonchev–Trinajstić information content (AvgIpc) is 2.95. The number of alkyl halides is 3. The molecule has 1 saturated heterocycles. The van der Waals surface area contributed by atoms with Crippen LogP contribution in [-0.2, 0) is 15.8 Å². The number of aromatic amines is 1. The predicted molar refractivity (Wildman–Crippen MR) is 74.2 cm³/mol. The lowest BCUT2D eigenvalue weighted by Gasteiger charge is -2.32. The Hall–Kier alpha value is -2.13. The molecule has 0 spiro atoms. The van der Waals surface area contributed by atoms with E-state index in [1.807, 2.05) is 13.8 Å². The molecule has 0 unspecified atom stereocenters. The highest BCUT2D eigenvalue weighted by molar-refractivity contribution is 5.91. The molecule has 2 rings (SSSR count). The SMILES string of the molecule is CC(C)C(=O)N1CCC(C(=O)Nc2n[nH]c(C(F)(F)F)n2)CC1. The molecule has 1 aromatic rings. The highest BCUT2D eigenvalue weighted by Crippen LogP contribution is 2.26. The first-order valence-electron chi connectivity index (χ1n) is 7.27. The minimum Gasteiger partial charge on any atom is -0.342 e. The predicted octanol–water partition coefficient (Wildman–Crippen LogP) is 1.66. The zero-order chi connectivity index (χ0) is 17.2. The van der Waals surface area contributed by atoms with Crippen LogP contribution in [0, 0.1) is 11.8 Å². The second-order valence-electron chi connectivity index (χ2n) is 5.75. The summed E-state index contributed by atoms with van der Waals surface area (Å²) in [4.78, 5) is 28.8. The van der Waals surface area contributed by atoms with Crippen LogP contribution in [-0.4, -0.2) is 45.0 Å². The lowest BCUT2D eigenvalue weighted by Crippen LogP contribution is -2.43. The molecule has 2 amide bonds. The minimum absolute atomic E-state index is 0.0349. The summed E-state index contributed by atoms with van der Waals surface area (Å²) in [6, 6.07) is 0. The van der Waals surface area contributed by atoms with Gasteiger partial charge >= 0.3 is 6.18 Å². The van der Waals surface area contributed by atoms with Gasteiger partial charge in [-0.15, -0.1) is 5.10 Å². The van der Waals surface area contributed by atoms with E-state index in [-0.39, 0.29) is 17.7 Å². The second-order valence-corrected chi connectivity index (χ2v) is 5.75. The lowest BCUT2D eigenvalue weighted by molar-refractivity contribution is -0.144. The van der Waals surface area contributed by atoms with Gasteiger partial charge in [-0.2, -0.15) is 18.2 Å². The number of nitrogens with one attached hydrogen (secondary N) is 2. The number of likely N-dealkylation sites (tertiary alicyclic amines) is 1. The molecule has 0 aromatic carbocycles. The number of anilines is 1. The highest BCUT2D eigenvalue weighted by atomic mass is 19.4. The van der Waals surface area contributed by atoms with Crippen molar-refractivity contribution in [1.29, 1.82) is 0 Å². The van der Waals surface area contributed by atoms with E-state index in [0.717, 1.165) is 0 Å². The van der Waals surface area contributed by atoms with Crippen molar-refractivity contribution in [2.75, 3.05) is 18.4 Å². The van der Waals surface area contributed by atoms with Gasteiger partial charge in [-0.1, -0.05) is 13.8 Å². The van der Waals surface area contributed by atoms with Crippen LogP contribution < -0.4 is 5.32 Å². The van der Waals surface area contributed by atoms with E-state index in [0.29, 0.717) is 25.9 Å². The Kier molecular flexibility index (Phi) is 4.90. The molecule has 2 N–H and O–H groups in total. The van der Waals surface area contributed by atoms with Crippen molar-refractivity contribution < 1.29 is 22.8 Å². The first-order valence-corrected chi connectivity index (χ1v) is 7.27. The van der Waals surface area contributed by atoms with Gasteiger partial charge in [0, 0.05) is 24.9 Å². The molecule has 2 heterocycles. The maximum Gasteiger partial charge on any atom is 0.451 e. The fraction of sp³-hybridized carbons (Fsp3) is 0.692. The third-order valence-electron chi connectivity index (χ3n) is 3.66. The standard InChI is InChI=1S/C13H18F3N5O2/c1-7(2)10(23)21-5-3-8(4-6-21)9(22)17-12-18-11(19-20-12)13(14,15)16/h7-8H,3-6H2,1-2H3,(H2,17,18,19,20,22). The molecule has 10 heteroatoms. The fourth-order valence-corrected chi connectivity index (χ4v) is 2.38. The number of aromatic nitrogens is 3. The van der Waals surface area contributed by atoms with Gasteiger partial charge in [0.1, 0.15) is 0 Å². The Morgan fingerprint density at radius 1 is 1.30 bits per heavy atom. The van der Waals surface area contributed by atoms with Gasteiger partial charge in [-0.25, -0.2) is 0 Å². The maximum atomic E-state index is 12.4. The molecule has 7 nitrogen and oxygen atoms in total. The highest BCUT2D eigenvalue weighted by Gasteiger charge is 2.36. The summed E-state index contributed by atoms with van der Waals surface area (Å²) >= 11 is 0. The number of hydrogen-bond acceptors (Lipinski definition) is 4. The molecule has 0 atom stereocenters. The van der Waals surface area contributed by atoms with E-state index in [9.17, 15) is 22.8 Å². The molecular weight excluding hydrogens is 315 g/mol. The topological polar surface area (TPSA) is 91.0 Å². The van der Waals surface area contributed by atoms with Gasteiger partial charge in [0.2, 0.25) is 23.6 Å². The molecular formula is C13H18F3N5O2. The zero-order valence-corrected chi connectivity index (χ0v) is 12.8. The molecule has 0 saturated carbocycles. The Balaban J connectivity index is 1.88. The van der Waals surface area contributed by atoms with Gasteiger partial charge < -0.3 is 4.90 Å². The molecule has 1 fully saturated rings. The summed E-state index contributed by atoms with van der Waals surface area (Å²) in [6.45, 7) is 4.53. The number of carbonyl (C=O) groups is 2. The van der Waals surface area contributed by atoms with Gasteiger partial charge in [0.15, 0.2) is 0 Å². The minimum atomic E-state index is -4.64. The number of nitrogens with zero attached hydrogens (tertiary/aromatic N) is 3. The number of piperidine rings is 1. The summed E-state index contributed by atoms with van der Waals surface area (Å²) in [5, 5.41) is 7.34. The lowest BCUT2D eigenvalue weighted by atomic mass is 9.95. The maximum absolute atomic E-state index is 12.4. The number of amides is 2. The molecule has 0 radical (unpaired) electrons. The average molecular weight is 333 g/mol. The second kappa shape index (κ2) is 6.55. The number of hydrogen-bond donors (Lipinski definition) is 2. The molecule has 128 valence electrons. The van der Waals surface area contributed by atoms with E-state index >= 15 is 0 Å². The monoisotopic (exact) mass is 333 g/mol. The van der Waals surface area contributed by atoms with Crippen molar-refractivity contribution in [3.63, 3.8) is 0 Å². The van der Waals surface area contributed by atoms with Crippen molar-refractivity contribution in [3.8, 4) is 0 Å². The van der Waals surface area contributed by atoms with Crippen LogP contribution in [0.1, 0.15) is 32.5 Å². The Bertz CT molecular complexity index is 576. The van der Waals surface area contributed by atoms with Gasteiger partial charge in [-0.05, 0) is 12.8 Å². The molecule has 1 aromatic heterocycles. The van der Waals surface area contributed by atoms with E-state index in [2.05, 4.69) is 15.4 Å². The van der Waals surface area contributed by atoms with Crippen LogP contribution in [0.3, 0.4) is 0 Å². The Morgan fingerprint density at radius 3 is 2.39 bits per heavy atom. The van der Waals surface area contributed by atoms with Crippen molar-refractivity contribution >= 4 is 17.8 Å². The number of H-pyrrole nitrogens is 1. The molecule has 0 bridgehead atoms. The van der Waals surface area contributed by atoms with Crippen LogP contribution in [0.5, 0.6) is 0 Å². The van der Waals surface area contributed by atoms with Crippen LogP contribution in [0.4, 0.5) is 19.1 Å². The Morgan fingerprint density at radius 2 is 1.91 bits per heavy atom. The quantitative estimate of drug-likeness (QED) is 0.880. The van der Waals surface area contributed by atoms with Gasteiger partial charge in [-0.3, -0.25) is 20.0 Å². The number of rotatable bonds is 3. The van der Waals surface area contributed by atoms with Crippen LogP contribution in [0.2, 0.25) is 0 Å². The smallest absolute Gasteiger partial charge is 0.342 e. The van der Waals surface area contributed by atoms with Crippen LogP contribution in [0.25, 0.3) is 0 Å². The molecule has 0 aliphatic carbocycles.